The molecule has 2 heterocycles. The Morgan fingerprint density at radius 2 is 2.29 bits per heavy atom. The summed E-state index contributed by atoms with van der Waals surface area (Å²) in [4.78, 5) is 15.6. The number of carbonyl (C=O) groups excluding carboxylic acids is 1. The normalized spacial score (nSPS) is 18.9. The van der Waals surface area contributed by atoms with Gasteiger partial charge in [-0.15, -0.1) is 5.10 Å². The number of nitrogens with one attached hydrogen (secondary N) is 2. The molecule has 0 atom stereocenters. The second kappa shape index (κ2) is 4.68. The van der Waals surface area contributed by atoms with Gasteiger partial charge < -0.3 is 20.9 Å². The summed E-state index contributed by atoms with van der Waals surface area (Å²) in [5.74, 6) is -0.368. The van der Waals surface area contributed by atoms with Crippen LogP contribution in [0.2, 0.25) is 0 Å². The second-order valence-electron chi connectivity index (χ2n) is 4.05. The number of amides is 1. The van der Waals surface area contributed by atoms with Crippen molar-refractivity contribution in [1.82, 2.24) is 20.5 Å². The number of aliphatic hydroxyl groups is 1. The van der Waals surface area contributed by atoms with Gasteiger partial charge in [-0.05, 0) is 12.8 Å². The van der Waals surface area contributed by atoms with E-state index in [0.29, 0.717) is 26.1 Å². The van der Waals surface area contributed by atoms with E-state index in [1.165, 1.54) is 0 Å². The number of aromatic nitrogens is 3. The van der Waals surface area contributed by atoms with Crippen molar-refractivity contribution in [1.29, 1.82) is 0 Å². The Kier molecular flexibility index (Phi) is 3.25. The molecule has 1 aromatic heterocycles. The molecule has 94 valence electrons. The number of H-pyrrole nitrogens is 1. The minimum Gasteiger partial charge on any atom is -0.394 e. The van der Waals surface area contributed by atoms with Gasteiger partial charge in [0.05, 0.1) is 12.1 Å². The average molecular weight is 241 g/mol. The number of ether oxygens (including phenoxy) is 1. The van der Waals surface area contributed by atoms with Crippen molar-refractivity contribution in [2.75, 3.05) is 25.6 Å². The highest BCUT2D eigenvalue weighted by atomic mass is 16.5. The number of carbonyl (C=O) groups is 1. The number of aliphatic hydroxyl groups excluding tert-OH is 1. The molecule has 2 rings (SSSR count). The number of nitrogens with zero attached hydrogens (tertiary/aromatic N) is 2. The number of nitrogens with two attached hydrogens (primary N) is 1. The summed E-state index contributed by atoms with van der Waals surface area (Å²) < 4.78 is 5.20. The monoisotopic (exact) mass is 241 g/mol. The Hall–Kier alpha value is -1.67. The number of anilines is 1. The number of nitrogen functional groups attached to an aromatic ring is 1. The summed E-state index contributed by atoms with van der Waals surface area (Å²) in [7, 11) is 0. The molecule has 0 radical (unpaired) electrons. The van der Waals surface area contributed by atoms with Crippen LogP contribution in [0.4, 0.5) is 5.95 Å². The minimum absolute atomic E-state index is 0.0141. The predicted molar refractivity (Wildman–Crippen MR) is 58.1 cm³/mol. The topological polar surface area (TPSA) is 126 Å². The number of rotatable bonds is 3. The van der Waals surface area contributed by atoms with E-state index in [1.807, 2.05) is 0 Å². The highest BCUT2D eigenvalue weighted by Crippen LogP contribution is 2.20. The lowest BCUT2D eigenvalue weighted by Crippen LogP contribution is -2.54. The van der Waals surface area contributed by atoms with Gasteiger partial charge in [-0.25, -0.2) is 0 Å². The lowest BCUT2D eigenvalue weighted by atomic mass is 9.91. The van der Waals surface area contributed by atoms with Crippen LogP contribution in [0, 0.1) is 0 Å². The van der Waals surface area contributed by atoms with E-state index in [1.54, 1.807) is 0 Å². The zero-order valence-corrected chi connectivity index (χ0v) is 9.27. The maximum atomic E-state index is 11.8. The first kappa shape index (κ1) is 11.8. The molecule has 8 nitrogen and oxygen atoms in total. The fourth-order valence-electron chi connectivity index (χ4n) is 1.76. The van der Waals surface area contributed by atoms with Crippen LogP contribution in [0.3, 0.4) is 0 Å². The largest absolute Gasteiger partial charge is 0.394 e. The van der Waals surface area contributed by atoms with Crippen molar-refractivity contribution >= 4 is 11.9 Å². The average Bonchev–Trinajstić information content (AvgIpc) is 2.77. The van der Waals surface area contributed by atoms with Gasteiger partial charge in [-0.2, -0.15) is 4.98 Å². The molecule has 1 aromatic rings. The molecule has 0 aliphatic carbocycles. The minimum atomic E-state index is -0.642. The van der Waals surface area contributed by atoms with Gasteiger partial charge in [0.25, 0.3) is 5.91 Å². The zero-order chi connectivity index (χ0) is 12.3. The standard InChI is InChI=1S/C9H15N5O3/c10-8-11-6(13-14-8)7(16)12-9(5-15)1-3-17-4-2-9/h15H,1-5H2,(H,12,16)(H3,10,11,13,14). The third-order valence-electron chi connectivity index (χ3n) is 2.85. The maximum Gasteiger partial charge on any atom is 0.289 e. The Balaban J connectivity index is 2.05. The summed E-state index contributed by atoms with van der Waals surface area (Å²) >= 11 is 0. The van der Waals surface area contributed by atoms with Gasteiger partial charge in [0, 0.05) is 13.2 Å². The summed E-state index contributed by atoms with van der Waals surface area (Å²) in [5, 5.41) is 18.2. The molecule has 1 saturated heterocycles. The molecule has 0 spiro atoms. The van der Waals surface area contributed by atoms with Gasteiger partial charge in [0.2, 0.25) is 11.8 Å². The van der Waals surface area contributed by atoms with Crippen molar-refractivity contribution in [2.24, 2.45) is 0 Å². The van der Waals surface area contributed by atoms with E-state index in [-0.39, 0.29) is 18.4 Å². The summed E-state index contributed by atoms with van der Waals surface area (Å²) in [5.41, 5.74) is 4.67. The first-order valence-electron chi connectivity index (χ1n) is 5.34. The van der Waals surface area contributed by atoms with Crippen LogP contribution in [-0.4, -0.2) is 51.6 Å². The number of hydrogen-bond donors (Lipinski definition) is 4. The first-order valence-corrected chi connectivity index (χ1v) is 5.34. The van der Waals surface area contributed by atoms with E-state index in [2.05, 4.69) is 20.5 Å². The van der Waals surface area contributed by atoms with Crippen LogP contribution in [0.5, 0.6) is 0 Å². The van der Waals surface area contributed by atoms with E-state index in [4.69, 9.17) is 10.5 Å². The Labute approximate surface area is 97.6 Å². The van der Waals surface area contributed by atoms with Gasteiger partial charge in [-0.3, -0.25) is 9.89 Å². The molecule has 0 bridgehead atoms. The van der Waals surface area contributed by atoms with E-state index in [9.17, 15) is 9.90 Å². The highest BCUT2D eigenvalue weighted by Gasteiger charge is 2.34. The molecule has 1 fully saturated rings. The fraction of sp³-hybridized carbons (Fsp3) is 0.667. The van der Waals surface area contributed by atoms with Crippen LogP contribution in [0.15, 0.2) is 0 Å². The van der Waals surface area contributed by atoms with Crippen molar-refractivity contribution in [3.8, 4) is 0 Å². The second-order valence-corrected chi connectivity index (χ2v) is 4.05. The van der Waals surface area contributed by atoms with Crippen LogP contribution in [0.25, 0.3) is 0 Å². The Morgan fingerprint density at radius 3 is 2.82 bits per heavy atom. The van der Waals surface area contributed by atoms with Gasteiger partial charge >= 0.3 is 0 Å². The molecule has 0 aromatic carbocycles. The van der Waals surface area contributed by atoms with Crippen LogP contribution >= 0.6 is 0 Å². The Bertz CT molecular complexity index is 399. The van der Waals surface area contributed by atoms with Gasteiger partial charge in [-0.1, -0.05) is 0 Å². The maximum absolute atomic E-state index is 11.8. The van der Waals surface area contributed by atoms with E-state index in [0.717, 1.165) is 0 Å². The lowest BCUT2D eigenvalue weighted by Gasteiger charge is -2.35. The molecule has 1 aliphatic heterocycles. The molecule has 8 heteroatoms. The molecule has 17 heavy (non-hydrogen) atoms. The third kappa shape index (κ3) is 2.53. The molecule has 0 saturated carbocycles. The predicted octanol–water partition coefficient (Wildman–Crippen LogP) is -1.34. The summed E-state index contributed by atoms with van der Waals surface area (Å²) in [6.45, 7) is 0.893. The lowest BCUT2D eigenvalue weighted by molar-refractivity contribution is 0.0123. The molecule has 1 amide bonds. The molecule has 1 aliphatic rings. The summed E-state index contributed by atoms with van der Waals surface area (Å²) in [6, 6.07) is 0. The number of hydrogen-bond acceptors (Lipinski definition) is 6. The van der Waals surface area contributed by atoms with E-state index < -0.39 is 11.4 Å². The van der Waals surface area contributed by atoms with Crippen LogP contribution in [0.1, 0.15) is 23.5 Å². The molecule has 0 unspecified atom stereocenters. The summed E-state index contributed by atoms with van der Waals surface area (Å²) in [6.07, 6.45) is 1.14. The molecular weight excluding hydrogens is 226 g/mol. The molecular formula is C9H15N5O3. The van der Waals surface area contributed by atoms with Crippen molar-refractivity contribution in [3.05, 3.63) is 5.82 Å². The van der Waals surface area contributed by atoms with E-state index >= 15 is 0 Å². The first-order chi connectivity index (χ1) is 8.15. The van der Waals surface area contributed by atoms with Crippen molar-refractivity contribution < 1.29 is 14.6 Å². The Morgan fingerprint density at radius 1 is 1.59 bits per heavy atom. The van der Waals surface area contributed by atoms with Crippen molar-refractivity contribution in [3.63, 3.8) is 0 Å². The SMILES string of the molecule is Nc1n[nH]c(C(=O)NC2(CO)CCOCC2)n1. The fourth-order valence-corrected chi connectivity index (χ4v) is 1.76. The third-order valence-corrected chi connectivity index (χ3v) is 2.85. The van der Waals surface area contributed by atoms with Crippen LogP contribution < -0.4 is 11.1 Å². The van der Waals surface area contributed by atoms with Gasteiger partial charge in [0.1, 0.15) is 0 Å². The molecule has 5 N–H and O–H groups in total. The quantitative estimate of drug-likeness (QED) is 0.518. The van der Waals surface area contributed by atoms with Crippen molar-refractivity contribution in [2.45, 2.75) is 18.4 Å². The van der Waals surface area contributed by atoms with Crippen LogP contribution in [-0.2, 0) is 4.74 Å². The highest BCUT2D eigenvalue weighted by molar-refractivity contribution is 5.91. The smallest absolute Gasteiger partial charge is 0.289 e. The zero-order valence-electron chi connectivity index (χ0n) is 9.27. The van der Waals surface area contributed by atoms with Gasteiger partial charge in [0.15, 0.2) is 0 Å². The number of aromatic amines is 1.